The van der Waals surface area contributed by atoms with Gasteiger partial charge in [-0.05, 0) is 24.6 Å². The van der Waals surface area contributed by atoms with Crippen molar-refractivity contribution in [1.29, 1.82) is 0 Å². The summed E-state index contributed by atoms with van der Waals surface area (Å²) in [4.78, 5) is 19.0. The number of benzene rings is 1. The first kappa shape index (κ1) is 16.0. The highest BCUT2D eigenvalue weighted by atomic mass is 16.1. The molecule has 6 heteroatoms. The van der Waals surface area contributed by atoms with Crippen molar-refractivity contribution in [3.8, 4) is 0 Å². The van der Waals surface area contributed by atoms with E-state index in [4.69, 9.17) is 0 Å². The third-order valence-corrected chi connectivity index (χ3v) is 3.94. The van der Waals surface area contributed by atoms with Crippen LogP contribution in [0.1, 0.15) is 21.6 Å². The van der Waals surface area contributed by atoms with Gasteiger partial charge >= 0.3 is 0 Å². The molecule has 124 valence electrons. The molecule has 0 bridgehead atoms. The molecule has 0 atom stereocenters. The summed E-state index contributed by atoms with van der Waals surface area (Å²) in [5, 5.41) is 8.25. The summed E-state index contributed by atoms with van der Waals surface area (Å²) in [7, 11) is 5.72. The molecule has 1 N–H and O–H groups in total. The molecule has 0 aliphatic heterocycles. The number of para-hydroxylation sites is 1. The predicted molar refractivity (Wildman–Crippen MR) is 95.2 cm³/mol. The van der Waals surface area contributed by atoms with Crippen molar-refractivity contribution in [2.24, 2.45) is 7.05 Å². The molecule has 1 aromatic carbocycles. The van der Waals surface area contributed by atoms with E-state index in [9.17, 15) is 4.79 Å². The van der Waals surface area contributed by atoms with Crippen molar-refractivity contribution < 1.29 is 4.79 Å². The quantitative estimate of drug-likeness (QED) is 0.800. The summed E-state index contributed by atoms with van der Waals surface area (Å²) in [6.07, 6.45) is 1.74. The topological polar surface area (TPSA) is 63.1 Å². The minimum atomic E-state index is -0.118. The molecule has 0 aliphatic rings. The van der Waals surface area contributed by atoms with Gasteiger partial charge in [-0.3, -0.25) is 9.48 Å². The average molecular weight is 323 g/mol. The zero-order valence-corrected chi connectivity index (χ0v) is 14.4. The van der Waals surface area contributed by atoms with Crippen molar-refractivity contribution in [2.75, 3.05) is 19.0 Å². The maximum Gasteiger partial charge on any atom is 0.255 e. The molecule has 0 saturated heterocycles. The standard InChI is InChI=1S/C18H21N5O/c1-12-15(11-23(4)21-12)18(24)19-10-13-9-17(22(2)3)20-16-8-6-5-7-14(13)16/h5-9,11H,10H2,1-4H3,(H,19,24). The van der Waals surface area contributed by atoms with Crippen LogP contribution in [0.5, 0.6) is 0 Å². The molecule has 0 unspecified atom stereocenters. The Hall–Kier alpha value is -2.89. The van der Waals surface area contributed by atoms with E-state index < -0.39 is 0 Å². The molecule has 0 saturated carbocycles. The van der Waals surface area contributed by atoms with Gasteiger partial charge in [-0.15, -0.1) is 0 Å². The largest absolute Gasteiger partial charge is 0.363 e. The number of hydrogen-bond acceptors (Lipinski definition) is 4. The van der Waals surface area contributed by atoms with E-state index in [1.807, 2.05) is 63.3 Å². The van der Waals surface area contributed by atoms with Crippen LogP contribution in [0.4, 0.5) is 5.82 Å². The molecule has 0 radical (unpaired) electrons. The number of carbonyl (C=O) groups excluding carboxylic acids is 1. The van der Waals surface area contributed by atoms with Crippen molar-refractivity contribution in [1.82, 2.24) is 20.1 Å². The maximum atomic E-state index is 12.4. The van der Waals surface area contributed by atoms with E-state index in [-0.39, 0.29) is 5.91 Å². The Morgan fingerprint density at radius 1 is 1.29 bits per heavy atom. The zero-order valence-electron chi connectivity index (χ0n) is 14.4. The number of fused-ring (bicyclic) bond motifs is 1. The first-order chi connectivity index (χ1) is 11.5. The molecule has 3 rings (SSSR count). The summed E-state index contributed by atoms with van der Waals surface area (Å²) in [5.41, 5.74) is 3.29. The minimum Gasteiger partial charge on any atom is -0.363 e. The monoisotopic (exact) mass is 323 g/mol. The summed E-state index contributed by atoms with van der Waals surface area (Å²) >= 11 is 0. The van der Waals surface area contributed by atoms with Crippen molar-refractivity contribution >= 4 is 22.6 Å². The molecule has 0 spiro atoms. The fraction of sp³-hybridized carbons (Fsp3) is 0.278. The molecule has 0 aliphatic carbocycles. The first-order valence-electron chi connectivity index (χ1n) is 7.80. The van der Waals surface area contributed by atoms with Gasteiger partial charge in [0.1, 0.15) is 5.82 Å². The highest BCUT2D eigenvalue weighted by molar-refractivity contribution is 5.95. The van der Waals surface area contributed by atoms with E-state index in [2.05, 4.69) is 15.4 Å². The molecule has 3 aromatic rings. The lowest BCUT2D eigenvalue weighted by atomic mass is 10.1. The van der Waals surface area contributed by atoms with Crippen molar-refractivity contribution in [3.63, 3.8) is 0 Å². The zero-order chi connectivity index (χ0) is 17.3. The van der Waals surface area contributed by atoms with Crippen molar-refractivity contribution in [2.45, 2.75) is 13.5 Å². The van der Waals surface area contributed by atoms with Crippen LogP contribution in [-0.2, 0) is 13.6 Å². The lowest BCUT2D eigenvalue weighted by molar-refractivity contribution is 0.0950. The predicted octanol–water partition coefficient (Wildman–Crippen LogP) is 2.27. The van der Waals surface area contributed by atoms with Gasteiger partial charge in [0.2, 0.25) is 0 Å². The number of nitrogens with one attached hydrogen (secondary N) is 1. The van der Waals surface area contributed by atoms with Gasteiger partial charge < -0.3 is 10.2 Å². The number of carbonyl (C=O) groups is 1. The maximum absolute atomic E-state index is 12.4. The Morgan fingerprint density at radius 2 is 2.04 bits per heavy atom. The molecule has 2 aromatic heterocycles. The smallest absolute Gasteiger partial charge is 0.255 e. The Kier molecular flexibility index (Phi) is 4.20. The molecule has 0 fully saturated rings. The lowest BCUT2D eigenvalue weighted by Gasteiger charge is -2.15. The summed E-state index contributed by atoms with van der Waals surface area (Å²) < 4.78 is 1.65. The highest BCUT2D eigenvalue weighted by Crippen LogP contribution is 2.22. The van der Waals surface area contributed by atoms with Gasteiger partial charge in [-0.1, -0.05) is 18.2 Å². The summed E-state index contributed by atoms with van der Waals surface area (Å²) in [5.74, 6) is 0.753. The van der Waals surface area contributed by atoms with Crippen LogP contribution < -0.4 is 10.2 Å². The van der Waals surface area contributed by atoms with Gasteiger partial charge in [-0.2, -0.15) is 5.10 Å². The molecule has 2 heterocycles. The second kappa shape index (κ2) is 6.31. The van der Waals surface area contributed by atoms with E-state index in [0.29, 0.717) is 12.1 Å². The highest BCUT2D eigenvalue weighted by Gasteiger charge is 2.13. The molecule has 24 heavy (non-hydrogen) atoms. The SMILES string of the molecule is Cc1nn(C)cc1C(=O)NCc1cc(N(C)C)nc2ccccc12. The number of hydrogen-bond donors (Lipinski definition) is 1. The van der Waals surface area contributed by atoms with E-state index >= 15 is 0 Å². The van der Waals surface area contributed by atoms with Crippen LogP contribution in [0.25, 0.3) is 10.9 Å². The van der Waals surface area contributed by atoms with E-state index in [1.165, 1.54) is 0 Å². The fourth-order valence-electron chi connectivity index (χ4n) is 2.70. The number of pyridine rings is 1. The van der Waals surface area contributed by atoms with Gasteiger partial charge in [0.05, 0.1) is 16.8 Å². The number of nitrogens with zero attached hydrogens (tertiary/aromatic N) is 4. The molecular formula is C18H21N5O. The number of aryl methyl sites for hydroxylation is 2. The normalized spacial score (nSPS) is 10.8. The summed E-state index contributed by atoms with van der Waals surface area (Å²) in [6.45, 7) is 2.28. The van der Waals surface area contributed by atoms with E-state index in [1.54, 1.807) is 10.9 Å². The number of aromatic nitrogens is 3. The average Bonchev–Trinajstić information content (AvgIpc) is 2.90. The number of amides is 1. The van der Waals surface area contributed by atoms with Gasteiger partial charge in [0, 0.05) is 39.3 Å². The van der Waals surface area contributed by atoms with Crippen LogP contribution in [0, 0.1) is 6.92 Å². The number of rotatable bonds is 4. The van der Waals surface area contributed by atoms with Crippen LogP contribution in [-0.4, -0.2) is 34.8 Å². The van der Waals surface area contributed by atoms with Gasteiger partial charge in [-0.25, -0.2) is 4.98 Å². The summed E-state index contributed by atoms with van der Waals surface area (Å²) in [6, 6.07) is 9.97. The number of anilines is 1. The Morgan fingerprint density at radius 3 is 2.71 bits per heavy atom. The van der Waals surface area contributed by atoms with Crippen molar-refractivity contribution in [3.05, 3.63) is 53.3 Å². The first-order valence-corrected chi connectivity index (χ1v) is 7.80. The molecule has 1 amide bonds. The van der Waals surface area contributed by atoms with Crippen LogP contribution in [0.3, 0.4) is 0 Å². The van der Waals surface area contributed by atoms with Crippen LogP contribution in [0.2, 0.25) is 0 Å². The third kappa shape index (κ3) is 3.08. The van der Waals surface area contributed by atoms with Gasteiger partial charge in [0.25, 0.3) is 5.91 Å². The molecular weight excluding hydrogens is 302 g/mol. The second-order valence-electron chi connectivity index (χ2n) is 6.04. The lowest BCUT2D eigenvalue weighted by Crippen LogP contribution is -2.23. The van der Waals surface area contributed by atoms with Crippen LogP contribution >= 0.6 is 0 Å². The Bertz CT molecular complexity index is 898. The Balaban J connectivity index is 1.89. The van der Waals surface area contributed by atoms with E-state index in [0.717, 1.165) is 28.0 Å². The second-order valence-corrected chi connectivity index (χ2v) is 6.04. The molecule has 6 nitrogen and oxygen atoms in total. The minimum absolute atomic E-state index is 0.118. The third-order valence-electron chi connectivity index (χ3n) is 3.94. The van der Waals surface area contributed by atoms with Gasteiger partial charge in [0.15, 0.2) is 0 Å². The fourth-order valence-corrected chi connectivity index (χ4v) is 2.70. The van der Waals surface area contributed by atoms with Crippen LogP contribution in [0.15, 0.2) is 36.5 Å². The Labute approximate surface area is 141 Å².